The molecule has 0 bridgehead atoms. The van der Waals surface area contributed by atoms with Gasteiger partial charge in [-0.3, -0.25) is 14.9 Å². The van der Waals surface area contributed by atoms with Gasteiger partial charge in [-0.15, -0.1) is 0 Å². The third-order valence-electron chi connectivity index (χ3n) is 6.22. The van der Waals surface area contributed by atoms with Crippen LogP contribution in [0.15, 0.2) is 48.5 Å². The van der Waals surface area contributed by atoms with Crippen molar-refractivity contribution in [3.05, 3.63) is 75.6 Å². The Labute approximate surface area is 163 Å². The monoisotopic (exact) mass is 382 g/mol. The van der Waals surface area contributed by atoms with E-state index in [1.165, 1.54) is 17.7 Å². The van der Waals surface area contributed by atoms with E-state index in [-0.39, 0.29) is 22.2 Å². The first-order valence-corrected chi connectivity index (χ1v) is 9.77. The van der Waals surface area contributed by atoms with E-state index in [1.54, 1.807) is 24.3 Å². The molecule has 4 rings (SSSR count). The molecule has 1 saturated heterocycles. The minimum absolute atomic E-state index is 0.0610. The van der Waals surface area contributed by atoms with Gasteiger partial charge in [0.05, 0.1) is 4.92 Å². The van der Waals surface area contributed by atoms with Crippen molar-refractivity contribution < 1.29 is 14.1 Å². The zero-order valence-electron chi connectivity index (χ0n) is 15.6. The van der Waals surface area contributed by atoms with Crippen LogP contribution in [-0.4, -0.2) is 35.2 Å². The van der Waals surface area contributed by atoms with Gasteiger partial charge >= 0.3 is 0 Å². The van der Waals surface area contributed by atoms with E-state index < -0.39 is 0 Å². The van der Waals surface area contributed by atoms with Gasteiger partial charge in [-0.25, -0.2) is 4.39 Å². The fourth-order valence-corrected chi connectivity index (χ4v) is 4.65. The zero-order valence-corrected chi connectivity index (χ0v) is 15.6. The van der Waals surface area contributed by atoms with Crippen LogP contribution < -0.4 is 0 Å². The fraction of sp³-hybridized carbons (Fsp3) is 0.409. The number of ketones is 1. The molecule has 2 aromatic carbocycles. The van der Waals surface area contributed by atoms with E-state index in [9.17, 15) is 19.3 Å². The predicted octanol–water partition coefficient (Wildman–Crippen LogP) is 4.43. The number of carbonyl (C=O) groups excluding carboxylic acids is 1. The van der Waals surface area contributed by atoms with Crippen LogP contribution >= 0.6 is 0 Å². The quantitative estimate of drug-likeness (QED) is 0.404. The smallest absolute Gasteiger partial charge is 0.269 e. The zero-order chi connectivity index (χ0) is 19.7. The summed E-state index contributed by atoms with van der Waals surface area (Å²) >= 11 is 0. The van der Waals surface area contributed by atoms with E-state index >= 15 is 0 Å². The number of non-ortho nitro benzene ring substituents is 1. The first-order valence-electron chi connectivity index (χ1n) is 9.77. The summed E-state index contributed by atoms with van der Waals surface area (Å²) in [6, 6.07) is 12.7. The minimum atomic E-state index is -0.363. The van der Waals surface area contributed by atoms with Crippen molar-refractivity contribution in [3.63, 3.8) is 0 Å². The molecule has 2 aliphatic rings. The highest BCUT2D eigenvalue weighted by atomic mass is 19.1. The lowest BCUT2D eigenvalue weighted by molar-refractivity contribution is -0.384. The maximum atomic E-state index is 12.9. The normalized spacial score (nSPS) is 23.8. The van der Waals surface area contributed by atoms with Gasteiger partial charge in [-0.1, -0.05) is 12.1 Å². The van der Waals surface area contributed by atoms with Crippen molar-refractivity contribution in [3.8, 4) is 0 Å². The maximum absolute atomic E-state index is 12.9. The van der Waals surface area contributed by atoms with Crippen molar-refractivity contribution >= 4 is 11.5 Å². The molecule has 2 aromatic rings. The fourth-order valence-electron chi connectivity index (χ4n) is 4.65. The van der Waals surface area contributed by atoms with E-state index in [0.717, 1.165) is 32.5 Å². The number of likely N-dealkylation sites (tertiary alicyclic amines) is 1. The van der Waals surface area contributed by atoms with Crippen LogP contribution in [0.2, 0.25) is 0 Å². The van der Waals surface area contributed by atoms with E-state index in [1.807, 2.05) is 12.1 Å². The van der Waals surface area contributed by atoms with Gasteiger partial charge in [-0.2, -0.15) is 0 Å². The Bertz CT molecular complexity index is 866. The minimum Gasteiger partial charge on any atom is -0.303 e. The van der Waals surface area contributed by atoms with Crippen LogP contribution in [0.5, 0.6) is 0 Å². The van der Waals surface area contributed by atoms with E-state index in [2.05, 4.69) is 4.90 Å². The molecule has 1 heterocycles. The molecule has 0 radical (unpaired) electrons. The molecule has 1 aliphatic carbocycles. The number of carbonyl (C=O) groups is 1. The second-order valence-corrected chi connectivity index (χ2v) is 7.91. The lowest BCUT2D eigenvalue weighted by Crippen LogP contribution is -2.33. The van der Waals surface area contributed by atoms with Crippen LogP contribution in [0.1, 0.15) is 41.1 Å². The third kappa shape index (κ3) is 3.83. The number of fused-ring (bicyclic) bond motifs is 1. The summed E-state index contributed by atoms with van der Waals surface area (Å²) in [5.74, 6) is 1.51. The van der Waals surface area contributed by atoms with Crippen molar-refractivity contribution in [1.82, 2.24) is 4.90 Å². The number of benzene rings is 2. The van der Waals surface area contributed by atoms with Crippen LogP contribution in [0, 0.1) is 27.8 Å². The lowest BCUT2D eigenvalue weighted by atomic mass is 9.64. The van der Waals surface area contributed by atoms with Crippen molar-refractivity contribution in [2.75, 3.05) is 19.6 Å². The number of hydrogen-bond acceptors (Lipinski definition) is 4. The van der Waals surface area contributed by atoms with Crippen LogP contribution in [-0.2, 0) is 0 Å². The van der Waals surface area contributed by atoms with Crippen molar-refractivity contribution in [1.29, 1.82) is 0 Å². The predicted molar refractivity (Wildman–Crippen MR) is 104 cm³/mol. The van der Waals surface area contributed by atoms with E-state index in [4.69, 9.17) is 0 Å². The number of nitrogens with zero attached hydrogens (tertiary/aromatic N) is 2. The van der Waals surface area contributed by atoms with Gasteiger partial charge in [-0.05, 0) is 67.0 Å². The van der Waals surface area contributed by atoms with Gasteiger partial charge in [0, 0.05) is 37.2 Å². The molecular formula is C22H23FN2O3. The molecule has 0 aromatic heterocycles. The SMILES string of the molecule is O=C(CCCN1CC2CC(c3ccc([N+](=O)[O-])cc3)C2C1)c1ccc(F)cc1. The third-order valence-corrected chi connectivity index (χ3v) is 6.22. The second kappa shape index (κ2) is 7.80. The molecule has 5 nitrogen and oxygen atoms in total. The molecule has 1 aliphatic heterocycles. The van der Waals surface area contributed by atoms with Crippen molar-refractivity contribution in [2.24, 2.45) is 11.8 Å². The molecule has 3 atom stereocenters. The van der Waals surface area contributed by atoms with Gasteiger partial charge in [0.25, 0.3) is 5.69 Å². The Kier molecular flexibility index (Phi) is 5.22. The molecule has 28 heavy (non-hydrogen) atoms. The summed E-state index contributed by atoms with van der Waals surface area (Å²) in [5, 5.41) is 10.8. The largest absolute Gasteiger partial charge is 0.303 e. The number of halogens is 1. The standard InChI is InChI=1S/C22H23FN2O3/c23-18-7-3-16(4-8-18)22(26)2-1-11-24-13-17-12-20(21(17)14-24)15-5-9-19(10-6-15)25(27)28/h3-10,17,20-21H,1-2,11-14H2. The summed E-state index contributed by atoms with van der Waals surface area (Å²) in [4.78, 5) is 25.1. The van der Waals surface area contributed by atoms with Gasteiger partial charge < -0.3 is 4.90 Å². The van der Waals surface area contributed by atoms with Crippen LogP contribution in [0.4, 0.5) is 10.1 Å². The Morgan fingerprint density at radius 1 is 1.11 bits per heavy atom. The van der Waals surface area contributed by atoms with E-state index in [0.29, 0.717) is 29.7 Å². The molecular weight excluding hydrogens is 359 g/mol. The summed E-state index contributed by atoms with van der Waals surface area (Å²) in [6.45, 7) is 2.99. The van der Waals surface area contributed by atoms with Gasteiger partial charge in [0.2, 0.25) is 0 Å². The topological polar surface area (TPSA) is 63.5 Å². The Morgan fingerprint density at radius 2 is 1.82 bits per heavy atom. The lowest BCUT2D eigenvalue weighted by Gasteiger charge is -2.40. The highest BCUT2D eigenvalue weighted by Crippen LogP contribution is 2.51. The highest BCUT2D eigenvalue weighted by molar-refractivity contribution is 5.95. The first kappa shape index (κ1) is 18.7. The average molecular weight is 382 g/mol. The van der Waals surface area contributed by atoms with Crippen molar-refractivity contribution in [2.45, 2.75) is 25.2 Å². The number of nitro benzene ring substituents is 1. The van der Waals surface area contributed by atoms with Gasteiger partial charge in [0.15, 0.2) is 5.78 Å². The molecule has 1 saturated carbocycles. The Morgan fingerprint density at radius 3 is 2.50 bits per heavy atom. The summed E-state index contributed by atoms with van der Waals surface area (Å²) in [5.41, 5.74) is 1.90. The number of nitro groups is 1. The van der Waals surface area contributed by atoms with Gasteiger partial charge in [0.1, 0.15) is 5.82 Å². The molecule has 3 unspecified atom stereocenters. The van der Waals surface area contributed by atoms with Crippen LogP contribution in [0.25, 0.3) is 0 Å². The molecule has 146 valence electrons. The highest BCUT2D eigenvalue weighted by Gasteiger charge is 2.47. The van der Waals surface area contributed by atoms with Crippen LogP contribution in [0.3, 0.4) is 0 Å². The summed E-state index contributed by atoms with van der Waals surface area (Å²) in [6.07, 6.45) is 2.41. The molecule has 0 N–H and O–H groups in total. The average Bonchev–Trinajstić information content (AvgIpc) is 2.99. The first-order chi connectivity index (χ1) is 13.5. The Hall–Kier alpha value is -2.60. The number of Topliss-reactive ketones (excluding diaryl/α,β-unsaturated/α-hetero) is 1. The molecule has 6 heteroatoms. The number of rotatable bonds is 7. The number of hydrogen-bond donors (Lipinski definition) is 0. The maximum Gasteiger partial charge on any atom is 0.269 e. The Balaban J connectivity index is 1.25. The molecule has 2 fully saturated rings. The molecule has 0 amide bonds. The summed E-state index contributed by atoms with van der Waals surface area (Å²) in [7, 11) is 0. The summed E-state index contributed by atoms with van der Waals surface area (Å²) < 4.78 is 12.9. The second-order valence-electron chi connectivity index (χ2n) is 7.91. The molecule has 0 spiro atoms.